The number of nitrogens with one attached hydrogen (secondary N) is 1. The molecule has 0 aliphatic carbocycles. The third-order valence-corrected chi connectivity index (χ3v) is 5.75. The molecule has 0 aliphatic heterocycles. The van der Waals surface area contributed by atoms with Gasteiger partial charge in [-0.25, -0.2) is 5.43 Å². The van der Waals surface area contributed by atoms with Crippen LogP contribution in [-0.2, 0) is 0 Å². The Kier molecular flexibility index (Phi) is 10.3. The molecule has 3 aromatic rings. The van der Waals surface area contributed by atoms with Gasteiger partial charge in [-0.05, 0) is 42.5 Å². The summed E-state index contributed by atoms with van der Waals surface area (Å²) in [6.45, 7) is 0.892. The van der Waals surface area contributed by atoms with Gasteiger partial charge in [0.05, 0.1) is 48.9 Å². The molecule has 0 fully saturated rings. The molecular weight excluding hydrogens is 550 g/mol. The number of amides is 1. The van der Waals surface area contributed by atoms with Crippen molar-refractivity contribution in [2.24, 2.45) is 15.3 Å². The maximum Gasteiger partial charge on any atom is 0.275 e. The molecule has 0 bridgehead atoms. The van der Waals surface area contributed by atoms with E-state index < -0.39 is 5.91 Å². The van der Waals surface area contributed by atoms with E-state index in [1.165, 1.54) is 19.2 Å². The number of hydrazone groups is 1. The largest absolute Gasteiger partial charge is 0.507 e. The van der Waals surface area contributed by atoms with Gasteiger partial charge in [-0.15, -0.1) is 15.3 Å². The summed E-state index contributed by atoms with van der Waals surface area (Å²) in [7, 11) is 1.49. The van der Waals surface area contributed by atoms with Crippen molar-refractivity contribution in [2.75, 3.05) is 25.1 Å². The number of aromatic hydroxyl groups is 1. The minimum Gasteiger partial charge on any atom is -0.507 e. The van der Waals surface area contributed by atoms with Crippen molar-refractivity contribution in [2.45, 2.75) is 12.8 Å². The normalized spacial score (nSPS) is 11.0. The highest BCUT2D eigenvalue weighted by molar-refractivity contribution is 9.10. The summed E-state index contributed by atoms with van der Waals surface area (Å²) in [5, 5.41) is 40.8. The lowest BCUT2D eigenvalue weighted by Gasteiger charge is -2.23. The van der Waals surface area contributed by atoms with Crippen LogP contribution in [0.1, 0.15) is 28.8 Å². The minimum atomic E-state index is -0.647. The van der Waals surface area contributed by atoms with Crippen molar-refractivity contribution in [3.05, 3.63) is 82.3 Å². The van der Waals surface area contributed by atoms with E-state index in [0.29, 0.717) is 47.4 Å². The van der Waals surface area contributed by atoms with Gasteiger partial charge in [0.2, 0.25) is 5.84 Å². The highest BCUT2D eigenvalue weighted by Crippen LogP contribution is 2.28. The lowest BCUT2D eigenvalue weighted by molar-refractivity contribution is 0.0952. The Morgan fingerprint density at radius 3 is 2.39 bits per heavy atom. The van der Waals surface area contributed by atoms with Crippen LogP contribution in [0.15, 0.2) is 86.5 Å². The summed E-state index contributed by atoms with van der Waals surface area (Å²) in [5.41, 5.74) is 4.21. The number of phenolic OH excluding ortho intramolecular Hbond substituents is 1. The molecule has 38 heavy (non-hydrogen) atoms. The molecule has 0 aliphatic rings. The number of ether oxygens (including phenoxy) is 1. The molecule has 11 heteroatoms. The van der Waals surface area contributed by atoms with E-state index in [9.17, 15) is 9.90 Å². The second kappa shape index (κ2) is 14.1. The number of nitrogens with zero attached hydrogens (tertiary/aromatic N) is 6. The molecule has 0 atom stereocenters. The lowest BCUT2D eigenvalue weighted by atomic mass is 10.1. The second-order valence-electron chi connectivity index (χ2n) is 7.76. The Labute approximate surface area is 228 Å². The Bertz CT molecular complexity index is 1390. The molecule has 3 aromatic carbocycles. The second-order valence-corrected chi connectivity index (χ2v) is 8.68. The van der Waals surface area contributed by atoms with E-state index in [2.05, 4.69) is 48.8 Å². The van der Waals surface area contributed by atoms with Gasteiger partial charge in [0, 0.05) is 29.3 Å². The average molecular weight is 574 g/mol. The summed E-state index contributed by atoms with van der Waals surface area (Å²) < 4.78 is 6.22. The van der Waals surface area contributed by atoms with Crippen LogP contribution in [0.3, 0.4) is 0 Å². The highest BCUT2D eigenvalue weighted by Gasteiger charge is 2.17. The van der Waals surface area contributed by atoms with Gasteiger partial charge in [0.25, 0.3) is 5.91 Å². The molecule has 0 aromatic heterocycles. The predicted octanol–water partition coefficient (Wildman–Crippen LogP) is 5.67. The molecule has 0 radical (unpaired) electrons. The monoisotopic (exact) mass is 573 g/mol. The van der Waals surface area contributed by atoms with Crippen LogP contribution >= 0.6 is 15.9 Å². The molecule has 0 spiro atoms. The molecule has 10 nitrogen and oxygen atoms in total. The van der Waals surface area contributed by atoms with E-state index in [1.54, 1.807) is 36.4 Å². The standard InChI is InChI=1S/C27H24BrN7O3/c1-38-25-18-21(35(15-5-13-29)16-6-14-30)10-11-22(25)26(32-31-20-7-3-2-4-8-20)33-34-27(37)23-17-19(28)9-12-24(23)36/h2-4,7-12,17-18,36H,5-6,15-16H2,1H3,(H,34,37). The van der Waals surface area contributed by atoms with Gasteiger partial charge < -0.3 is 14.7 Å². The predicted molar refractivity (Wildman–Crippen MR) is 146 cm³/mol. The molecule has 0 unspecified atom stereocenters. The van der Waals surface area contributed by atoms with Crippen molar-refractivity contribution in [3.63, 3.8) is 0 Å². The Hall–Kier alpha value is -4.74. The van der Waals surface area contributed by atoms with Crippen LogP contribution in [0.25, 0.3) is 0 Å². The fourth-order valence-corrected chi connectivity index (χ4v) is 3.75. The third-order valence-electron chi connectivity index (χ3n) is 5.26. The number of carbonyl (C=O) groups excluding carboxylic acids is 1. The van der Waals surface area contributed by atoms with E-state index in [4.69, 9.17) is 15.3 Å². The van der Waals surface area contributed by atoms with Crippen molar-refractivity contribution in [1.82, 2.24) is 5.43 Å². The molecule has 0 heterocycles. The maximum absolute atomic E-state index is 12.8. The zero-order chi connectivity index (χ0) is 27.3. The number of anilines is 1. The molecule has 0 saturated heterocycles. The van der Waals surface area contributed by atoms with Crippen LogP contribution in [0.4, 0.5) is 11.4 Å². The Morgan fingerprint density at radius 1 is 1.03 bits per heavy atom. The van der Waals surface area contributed by atoms with E-state index in [0.717, 1.165) is 5.69 Å². The number of hydrogen-bond acceptors (Lipinski definition) is 8. The number of halogens is 1. The number of methoxy groups -OCH3 is 1. The van der Waals surface area contributed by atoms with Crippen LogP contribution in [-0.4, -0.2) is 37.0 Å². The number of hydrogen-bond donors (Lipinski definition) is 2. The van der Waals surface area contributed by atoms with Crippen molar-refractivity contribution < 1.29 is 14.6 Å². The van der Waals surface area contributed by atoms with Crippen molar-refractivity contribution in [3.8, 4) is 23.6 Å². The van der Waals surface area contributed by atoms with Gasteiger partial charge in [-0.3, -0.25) is 4.79 Å². The number of amidine groups is 1. The SMILES string of the molecule is COc1cc(N(CCC#N)CCC#N)ccc1C(N=Nc1ccccc1)=NNC(=O)c1cc(Br)ccc1O. The summed E-state index contributed by atoms with van der Waals surface area (Å²) >= 11 is 3.28. The summed E-state index contributed by atoms with van der Waals surface area (Å²) in [4.78, 5) is 14.7. The number of phenols is 1. The number of carbonyl (C=O) groups is 1. The van der Waals surface area contributed by atoms with Gasteiger partial charge in [0.1, 0.15) is 11.5 Å². The van der Waals surface area contributed by atoms with Gasteiger partial charge in [-0.2, -0.15) is 10.5 Å². The first-order valence-corrected chi connectivity index (χ1v) is 12.3. The first-order chi connectivity index (χ1) is 18.5. The first-order valence-electron chi connectivity index (χ1n) is 11.5. The van der Waals surface area contributed by atoms with Crippen LogP contribution < -0.4 is 15.1 Å². The zero-order valence-electron chi connectivity index (χ0n) is 20.5. The van der Waals surface area contributed by atoms with E-state index in [1.807, 2.05) is 23.1 Å². The molecule has 3 rings (SSSR count). The molecule has 0 saturated carbocycles. The summed E-state index contributed by atoms with van der Waals surface area (Å²) in [6.07, 6.45) is 0.587. The molecule has 2 N–H and O–H groups in total. The van der Waals surface area contributed by atoms with E-state index >= 15 is 0 Å². The lowest BCUT2D eigenvalue weighted by Crippen LogP contribution is -2.25. The van der Waals surface area contributed by atoms with Gasteiger partial charge in [0.15, 0.2) is 0 Å². The number of benzene rings is 3. The number of azo groups is 1. The Morgan fingerprint density at radius 2 is 1.74 bits per heavy atom. The fourth-order valence-electron chi connectivity index (χ4n) is 3.39. The highest BCUT2D eigenvalue weighted by atomic mass is 79.9. The quantitative estimate of drug-likeness (QED) is 0.138. The topological polar surface area (TPSA) is 146 Å². The molecular formula is C27H24BrN7O3. The number of nitriles is 2. The average Bonchev–Trinajstić information content (AvgIpc) is 2.94. The van der Waals surface area contributed by atoms with Crippen LogP contribution in [0.2, 0.25) is 0 Å². The molecule has 1 amide bonds. The summed E-state index contributed by atoms with van der Waals surface area (Å²) in [6, 6.07) is 23.0. The van der Waals surface area contributed by atoms with Gasteiger partial charge in [-0.1, -0.05) is 34.1 Å². The Balaban J connectivity index is 2.00. The fraction of sp³-hybridized carbons (Fsp3) is 0.185. The zero-order valence-corrected chi connectivity index (χ0v) is 22.1. The smallest absolute Gasteiger partial charge is 0.275 e. The molecule has 192 valence electrons. The third kappa shape index (κ3) is 7.63. The maximum atomic E-state index is 12.8. The van der Waals surface area contributed by atoms with E-state index in [-0.39, 0.29) is 17.1 Å². The number of rotatable bonds is 10. The first kappa shape index (κ1) is 27.8. The van der Waals surface area contributed by atoms with Crippen molar-refractivity contribution in [1.29, 1.82) is 10.5 Å². The van der Waals surface area contributed by atoms with Crippen LogP contribution in [0, 0.1) is 22.7 Å². The minimum absolute atomic E-state index is 0.0235. The van der Waals surface area contributed by atoms with Crippen molar-refractivity contribution >= 4 is 39.0 Å². The van der Waals surface area contributed by atoms with Crippen LogP contribution in [0.5, 0.6) is 11.5 Å². The summed E-state index contributed by atoms with van der Waals surface area (Å²) in [5.74, 6) is -0.400. The van der Waals surface area contributed by atoms with Gasteiger partial charge >= 0.3 is 0 Å².